The van der Waals surface area contributed by atoms with Crippen molar-refractivity contribution in [3.05, 3.63) is 58.3 Å². The third-order valence-corrected chi connectivity index (χ3v) is 5.62. The van der Waals surface area contributed by atoms with E-state index >= 15 is 0 Å². The highest BCUT2D eigenvalue weighted by Crippen LogP contribution is 2.33. The molecular weight excluding hydrogens is 399 g/mol. The lowest BCUT2D eigenvalue weighted by atomic mass is 10.1. The maximum atomic E-state index is 13.7. The lowest BCUT2D eigenvalue weighted by molar-refractivity contribution is 0.310. The molecule has 29 heavy (non-hydrogen) atoms. The van der Waals surface area contributed by atoms with E-state index in [2.05, 4.69) is 0 Å². The summed E-state index contributed by atoms with van der Waals surface area (Å²) in [5.41, 5.74) is 0.958. The van der Waals surface area contributed by atoms with Gasteiger partial charge < -0.3 is 9.47 Å². The van der Waals surface area contributed by atoms with E-state index in [1.807, 2.05) is 6.92 Å². The van der Waals surface area contributed by atoms with Crippen molar-refractivity contribution in [3.8, 4) is 11.5 Å². The van der Waals surface area contributed by atoms with E-state index < -0.39 is 27.4 Å². The summed E-state index contributed by atoms with van der Waals surface area (Å²) < 4.78 is 51.7. The molecule has 9 heteroatoms. The molecule has 0 N–H and O–H groups in total. The van der Waals surface area contributed by atoms with Gasteiger partial charge in [-0.15, -0.1) is 0 Å². The minimum absolute atomic E-state index is 0.304. The number of methoxy groups -OCH3 is 1. The highest BCUT2D eigenvalue weighted by Gasteiger charge is 2.26. The molecular formula is C20H23FN2O5S. The summed E-state index contributed by atoms with van der Waals surface area (Å²) in [5, 5.41) is 0. The van der Waals surface area contributed by atoms with Crippen LogP contribution in [0.15, 0.2) is 41.2 Å². The van der Waals surface area contributed by atoms with Gasteiger partial charge in [0.05, 0.1) is 36.5 Å². The van der Waals surface area contributed by atoms with Gasteiger partial charge in [0.15, 0.2) is 11.5 Å². The summed E-state index contributed by atoms with van der Waals surface area (Å²) >= 11 is 0. The molecule has 0 aliphatic carbocycles. The number of aromatic nitrogens is 2. The number of hydrogen-bond donors (Lipinski definition) is 0. The van der Waals surface area contributed by atoms with Crippen LogP contribution in [0.1, 0.15) is 18.5 Å². The molecule has 0 spiro atoms. The van der Waals surface area contributed by atoms with E-state index in [4.69, 9.17) is 9.47 Å². The van der Waals surface area contributed by atoms with E-state index in [0.29, 0.717) is 34.7 Å². The number of hydrogen-bond acceptors (Lipinski definition) is 5. The average molecular weight is 422 g/mol. The van der Waals surface area contributed by atoms with E-state index in [1.165, 1.54) is 41.5 Å². The van der Waals surface area contributed by atoms with Crippen LogP contribution in [0, 0.1) is 5.82 Å². The summed E-state index contributed by atoms with van der Waals surface area (Å²) in [6, 6.07) is 8.20. The lowest BCUT2D eigenvalue weighted by Crippen LogP contribution is -2.30. The van der Waals surface area contributed by atoms with E-state index in [9.17, 15) is 17.6 Å². The van der Waals surface area contributed by atoms with Crippen LogP contribution in [0.4, 0.5) is 4.39 Å². The molecule has 0 saturated carbocycles. The molecule has 156 valence electrons. The second kappa shape index (κ2) is 7.90. The summed E-state index contributed by atoms with van der Waals surface area (Å²) in [7, 11) is -0.425. The van der Waals surface area contributed by atoms with Gasteiger partial charge in [0.25, 0.3) is 0 Å². The number of nitrogens with zero attached hydrogens (tertiary/aromatic N) is 2. The van der Waals surface area contributed by atoms with Gasteiger partial charge in [-0.2, -0.15) is 0 Å². The van der Waals surface area contributed by atoms with E-state index in [-0.39, 0.29) is 5.75 Å². The highest BCUT2D eigenvalue weighted by atomic mass is 32.2. The largest absolute Gasteiger partial charge is 0.493 e. The van der Waals surface area contributed by atoms with E-state index in [1.54, 1.807) is 18.2 Å². The minimum atomic E-state index is -3.46. The molecule has 0 aliphatic rings. The number of fused-ring (bicyclic) bond motifs is 1. The molecule has 0 fully saturated rings. The Morgan fingerprint density at radius 1 is 1.10 bits per heavy atom. The van der Waals surface area contributed by atoms with Crippen LogP contribution in [0.5, 0.6) is 11.5 Å². The third kappa shape index (κ3) is 4.14. The number of rotatable bonds is 7. The van der Waals surface area contributed by atoms with Crippen molar-refractivity contribution in [1.82, 2.24) is 9.13 Å². The zero-order valence-corrected chi connectivity index (χ0v) is 17.5. The fourth-order valence-corrected chi connectivity index (χ4v) is 4.33. The number of sulfone groups is 1. The number of halogens is 1. The number of imidazole rings is 1. The molecule has 1 heterocycles. The molecule has 1 unspecified atom stereocenters. The Labute approximate surface area is 168 Å². The van der Waals surface area contributed by atoms with Crippen LogP contribution < -0.4 is 15.2 Å². The van der Waals surface area contributed by atoms with Crippen molar-refractivity contribution in [1.29, 1.82) is 0 Å². The van der Waals surface area contributed by atoms with Crippen molar-refractivity contribution >= 4 is 20.9 Å². The molecule has 7 nitrogen and oxygen atoms in total. The SMILES string of the molecule is CCOc1cc(C(CS(C)(=O)=O)n2c(=O)n(C)c3cc(F)ccc32)ccc1OC. The van der Waals surface area contributed by atoms with Crippen molar-refractivity contribution in [2.75, 3.05) is 25.7 Å². The topological polar surface area (TPSA) is 79.5 Å². The molecule has 0 radical (unpaired) electrons. The first-order valence-corrected chi connectivity index (χ1v) is 11.1. The van der Waals surface area contributed by atoms with Crippen LogP contribution in [0.25, 0.3) is 11.0 Å². The second-order valence-electron chi connectivity index (χ2n) is 6.80. The molecule has 0 saturated heterocycles. The monoisotopic (exact) mass is 422 g/mol. The fraction of sp³-hybridized carbons (Fsp3) is 0.350. The molecule has 0 bridgehead atoms. The maximum absolute atomic E-state index is 13.7. The van der Waals surface area contributed by atoms with Gasteiger partial charge >= 0.3 is 5.69 Å². The summed E-state index contributed by atoms with van der Waals surface area (Å²) in [6.07, 6.45) is 1.11. The number of benzene rings is 2. The first kappa shape index (κ1) is 20.9. The van der Waals surface area contributed by atoms with Crippen molar-refractivity contribution in [2.45, 2.75) is 13.0 Å². The van der Waals surface area contributed by atoms with Gasteiger partial charge in [0.2, 0.25) is 0 Å². The van der Waals surface area contributed by atoms with Crippen LogP contribution in [-0.2, 0) is 16.9 Å². The van der Waals surface area contributed by atoms with Gasteiger partial charge in [-0.1, -0.05) is 6.07 Å². The Balaban J connectivity index is 2.28. The molecule has 3 rings (SSSR count). The van der Waals surface area contributed by atoms with Gasteiger partial charge in [0.1, 0.15) is 15.7 Å². The Morgan fingerprint density at radius 2 is 1.83 bits per heavy atom. The third-order valence-electron chi connectivity index (χ3n) is 4.70. The normalized spacial score (nSPS) is 12.9. The van der Waals surface area contributed by atoms with Crippen molar-refractivity contribution < 1.29 is 22.3 Å². The Hall–Kier alpha value is -2.81. The molecule has 2 aromatic carbocycles. The molecule has 0 aliphatic heterocycles. The predicted molar refractivity (Wildman–Crippen MR) is 109 cm³/mol. The van der Waals surface area contributed by atoms with Crippen LogP contribution >= 0.6 is 0 Å². The molecule has 0 amide bonds. The van der Waals surface area contributed by atoms with Crippen LogP contribution in [0.2, 0.25) is 0 Å². The first-order valence-electron chi connectivity index (χ1n) is 9.01. The van der Waals surface area contributed by atoms with Gasteiger partial charge in [-0.25, -0.2) is 17.6 Å². The molecule has 1 atom stereocenters. The summed E-state index contributed by atoms with van der Waals surface area (Å²) in [5.74, 6) is 0.167. The number of ether oxygens (including phenoxy) is 2. The van der Waals surface area contributed by atoms with Gasteiger partial charge in [0, 0.05) is 13.3 Å². The van der Waals surface area contributed by atoms with Gasteiger partial charge in [-0.3, -0.25) is 9.13 Å². The smallest absolute Gasteiger partial charge is 0.329 e. The maximum Gasteiger partial charge on any atom is 0.329 e. The Morgan fingerprint density at radius 3 is 2.45 bits per heavy atom. The zero-order chi connectivity index (χ0) is 21.3. The lowest BCUT2D eigenvalue weighted by Gasteiger charge is -2.20. The average Bonchev–Trinajstić information content (AvgIpc) is 2.90. The first-order chi connectivity index (χ1) is 13.7. The molecule has 1 aromatic heterocycles. The van der Waals surface area contributed by atoms with Crippen LogP contribution in [0.3, 0.4) is 0 Å². The van der Waals surface area contributed by atoms with E-state index in [0.717, 1.165) is 6.26 Å². The fourth-order valence-electron chi connectivity index (χ4n) is 3.41. The minimum Gasteiger partial charge on any atom is -0.493 e. The molecule has 3 aromatic rings. The highest BCUT2D eigenvalue weighted by molar-refractivity contribution is 7.90. The summed E-state index contributed by atoms with van der Waals surface area (Å²) in [4.78, 5) is 13.0. The van der Waals surface area contributed by atoms with Crippen LogP contribution in [-0.4, -0.2) is 43.3 Å². The quantitative estimate of drug-likeness (QED) is 0.585. The Bertz CT molecular complexity index is 1210. The number of aryl methyl sites for hydroxylation is 1. The summed E-state index contributed by atoms with van der Waals surface area (Å²) in [6.45, 7) is 2.22. The Kier molecular flexibility index (Phi) is 5.70. The zero-order valence-electron chi connectivity index (χ0n) is 16.7. The standard InChI is InChI=1S/C20H23FN2O5S/c1-5-28-19-10-13(6-9-18(19)27-3)17(12-29(4,25)26)23-15-8-7-14(21)11-16(15)22(2)20(23)24/h6-11,17H,5,12H2,1-4H3. The van der Waals surface area contributed by atoms with Crippen molar-refractivity contribution in [3.63, 3.8) is 0 Å². The van der Waals surface area contributed by atoms with Crippen molar-refractivity contribution in [2.24, 2.45) is 7.05 Å². The second-order valence-corrected chi connectivity index (χ2v) is 8.98. The predicted octanol–water partition coefficient (Wildman–Crippen LogP) is 2.52. The van der Waals surface area contributed by atoms with Gasteiger partial charge in [-0.05, 0) is 42.8 Å².